The van der Waals surface area contributed by atoms with E-state index in [0.717, 1.165) is 51.4 Å². The molecule has 6 heteroatoms. The Balaban J connectivity index is 2.35. The molecule has 0 bridgehead atoms. The van der Waals surface area contributed by atoms with E-state index in [9.17, 15) is 4.79 Å². The number of unbranched alkanes of at least 4 members (excludes halogenated alkanes) is 2. The highest BCUT2D eigenvalue weighted by molar-refractivity contribution is 5.79. The van der Waals surface area contributed by atoms with Gasteiger partial charge < -0.3 is 20.3 Å². The molecular formula is C18H36N4O2. The summed E-state index contributed by atoms with van der Waals surface area (Å²) in [6.45, 7) is 11.2. The zero-order chi connectivity index (χ0) is 18.0. The Morgan fingerprint density at radius 2 is 2.04 bits per heavy atom. The fourth-order valence-electron chi connectivity index (χ4n) is 2.77. The van der Waals surface area contributed by atoms with Crippen LogP contribution in [0.4, 0.5) is 4.79 Å². The van der Waals surface area contributed by atoms with E-state index in [0.29, 0.717) is 5.92 Å². The van der Waals surface area contributed by atoms with Crippen LogP contribution in [0.25, 0.3) is 0 Å². The lowest BCUT2D eigenvalue weighted by molar-refractivity contribution is 0.0168. The molecule has 140 valence electrons. The van der Waals surface area contributed by atoms with Gasteiger partial charge in [-0.1, -0.05) is 19.8 Å². The van der Waals surface area contributed by atoms with E-state index in [4.69, 9.17) is 4.74 Å². The summed E-state index contributed by atoms with van der Waals surface area (Å²) in [6.07, 6.45) is 5.56. The van der Waals surface area contributed by atoms with Gasteiger partial charge in [0.15, 0.2) is 5.96 Å². The van der Waals surface area contributed by atoms with Gasteiger partial charge in [-0.2, -0.15) is 0 Å². The van der Waals surface area contributed by atoms with Crippen molar-refractivity contribution in [2.24, 2.45) is 10.9 Å². The molecular weight excluding hydrogens is 304 g/mol. The van der Waals surface area contributed by atoms with Crippen molar-refractivity contribution in [2.75, 3.05) is 33.2 Å². The summed E-state index contributed by atoms with van der Waals surface area (Å²) in [5, 5.41) is 6.73. The summed E-state index contributed by atoms with van der Waals surface area (Å²) >= 11 is 0. The first-order chi connectivity index (χ1) is 11.4. The minimum Gasteiger partial charge on any atom is -0.444 e. The highest BCUT2D eigenvalue weighted by atomic mass is 16.6. The maximum atomic E-state index is 12.2. The van der Waals surface area contributed by atoms with Gasteiger partial charge in [-0.25, -0.2) is 4.79 Å². The van der Waals surface area contributed by atoms with Crippen LogP contribution in [0.1, 0.15) is 59.8 Å². The molecule has 0 aromatic rings. The molecule has 0 aromatic heterocycles. The van der Waals surface area contributed by atoms with Crippen molar-refractivity contribution >= 4 is 12.1 Å². The minimum absolute atomic E-state index is 0.200. The second kappa shape index (κ2) is 10.4. The Labute approximate surface area is 147 Å². The molecule has 1 aliphatic rings. The van der Waals surface area contributed by atoms with E-state index in [1.165, 1.54) is 12.8 Å². The number of hydrogen-bond donors (Lipinski definition) is 2. The third-order valence-corrected chi connectivity index (χ3v) is 4.03. The van der Waals surface area contributed by atoms with Gasteiger partial charge in [0.05, 0.1) is 0 Å². The first kappa shape index (κ1) is 20.6. The molecule has 0 aromatic carbocycles. The Bertz CT molecular complexity index is 404. The van der Waals surface area contributed by atoms with Gasteiger partial charge >= 0.3 is 6.09 Å². The van der Waals surface area contributed by atoms with Crippen LogP contribution in [0.15, 0.2) is 4.99 Å². The zero-order valence-electron chi connectivity index (χ0n) is 16.2. The van der Waals surface area contributed by atoms with Crippen LogP contribution in [0, 0.1) is 5.92 Å². The molecule has 1 rings (SSSR count). The summed E-state index contributed by atoms with van der Waals surface area (Å²) < 4.78 is 5.48. The van der Waals surface area contributed by atoms with Gasteiger partial charge in [-0.05, 0) is 46.0 Å². The number of carbonyl (C=O) groups is 1. The third kappa shape index (κ3) is 8.41. The smallest absolute Gasteiger partial charge is 0.410 e. The normalized spacial score (nSPS) is 19.1. The summed E-state index contributed by atoms with van der Waals surface area (Å²) in [4.78, 5) is 18.3. The van der Waals surface area contributed by atoms with Crippen molar-refractivity contribution in [3.8, 4) is 0 Å². The number of ether oxygens (including phenoxy) is 1. The van der Waals surface area contributed by atoms with Crippen LogP contribution < -0.4 is 10.6 Å². The Kier molecular flexibility index (Phi) is 8.93. The number of guanidine groups is 1. The summed E-state index contributed by atoms with van der Waals surface area (Å²) in [5.41, 5.74) is -0.438. The second-order valence-corrected chi connectivity index (χ2v) is 7.52. The largest absolute Gasteiger partial charge is 0.444 e. The van der Waals surface area contributed by atoms with Crippen molar-refractivity contribution in [1.82, 2.24) is 15.5 Å². The van der Waals surface area contributed by atoms with Crippen LogP contribution in [-0.4, -0.2) is 55.8 Å². The van der Waals surface area contributed by atoms with Crippen molar-refractivity contribution < 1.29 is 9.53 Å². The third-order valence-electron chi connectivity index (χ3n) is 4.03. The minimum atomic E-state index is -0.438. The van der Waals surface area contributed by atoms with Gasteiger partial charge in [0.2, 0.25) is 0 Å². The van der Waals surface area contributed by atoms with E-state index in [1.54, 1.807) is 7.05 Å². The van der Waals surface area contributed by atoms with E-state index < -0.39 is 5.60 Å². The quantitative estimate of drug-likeness (QED) is 0.443. The molecule has 1 saturated heterocycles. The van der Waals surface area contributed by atoms with Gasteiger partial charge in [0, 0.05) is 33.2 Å². The molecule has 1 fully saturated rings. The molecule has 0 saturated carbocycles. The van der Waals surface area contributed by atoms with Crippen LogP contribution >= 0.6 is 0 Å². The molecule has 0 aliphatic carbocycles. The molecule has 24 heavy (non-hydrogen) atoms. The average Bonchev–Trinajstić information content (AvgIpc) is 2.53. The lowest BCUT2D eigenvalue weighted by Crippen LogP contribution is -2.47. The molecule has 1 atom stereocenters. The number of aliphatic imine (C=N–C) groups is 1. The number of amides is 1. The van der Waals surface area contributed by atoms with Gasteiger partial charge in [0.1, 0.15) is 5.60 Å². The van der Waals surface area contributed by atoms with Gasteiger partial charge in [-0.15, -0.1) is 0 Å². The van der Waals surface area contributed by atoms with Crippen molar-refractivity contribution in [2.45, 2.75) is 65.4 Å². The predicted octanol–water partition coefficient (Wildman–Crippen LogP) is 2.99. The monoisotopic (exact) mass is 340 g/mol. The van der Waals surface area contributed by atoms with E-state index >= 15 is 0 Å². The number of likely N-dealkylation sites (tertiary alicyclic amines) is 1. The molecule has 1 aliphatic heterocycles. The lowest BCUT2D eigenvalue weighted by Gasteiger charge is -2.34. The fraction of sp³-hybridized carbons (Fsp3) is 0.889. The topological polar surface area (TPSA) is 66.0 Å². The number of rotatable bonds is 6. The number of nitrogens with zero attached hydrogens (tertiary/aromatic N) is 2. The number of carbonyl (C=O) groups excluding carboxylic acids is 1. The SMILES string of the molecule is CCCCCNC(=NC)NCC1CCCN(C(=O)OC(C)(C)C)C1. The molecule has 1 amide bonds. The lowest BCUT2D eigenvalue weighted by atomic mass is 9.98. The molecule has 1 unspecified atom stereocenters. The number of hydrogen-bond acceptors (Lipinski definition) is 3. The molecule has 0 radical (unpaired) electrons. The standard InChI is InChI=1S/C18H36N4O2/c1-6-7-8-11-20-16(19-5)21-13-15-10-9-12-22(14-15)17(23)24-18(2,3)4/h15H,6-14H2,1-5H3,(H2,19,20,21). The molecule has 1 heterocycles. The first-order valence-electron chi connectivity index (χ1n) is 9.28. The van der Waals surface area contributed by atoms with Crippen molar-refractivity contribution in [1.29, 1.82) is 0 Å². The highest BCUT2D eigenvalue weighted by Gasteiger charge is 2.27. The summed E-state index contributed by atoms with van der Waals surface area (Å²) in [6, 6.07) is 0. The zero-order valence-corrected chi connectivity index (χ0v) is 16.2. The summed E-state index contributed by atoms with van der Waals surface area (Å²) in [5.74, 6) is 1.28. The Hall–Kier alpha value is -1.46. The van der Waals surface area contributed by atoms with Gasteiger partial charge in [-0.3, -0.25) is 4.99 Å². The predicted molar refractivity (Wildman–Crippen MR) is 99.4 cm³/mol. The Morgan fingerprint density at radius 3 is 2.67 bits per heavy atom. The maximum Gasteiger partial charge on any atom is 0.410 e. The molecule has 0 spiro atoms. The number of nitrogens with one attached hydrogen (secondary N) is 2. The molecule has 2 N–H and O–H groups in total. The van der Waals surface area contributed by atoms with Crippen molar-refractivity contribution in [3.63, 3.8) is 0 Å². The van der Waals surface area contributed by atoms with Crippen LogP contribution in [-0.2, 0) is 4.74 Å². The highest BCUT2D eigenvalue weighted by Crippen LogP contribution is 2.18. The number of piperidine rings is 1. The second-order valence-electron chi connectivity index (χ2n) is 7.52. The Morgan fingerprint density at radius 1 is 1.29 bits per heavy atom. The van der Waals surface area contributed by atoms with E-state index in [-0.39, 0.29) is 6.09 Å². The van der Waals surface area contributed by atoms with Crippen LogP contribution in [0.5, 0.6) is 0 Å². The summed E-state index contributed by atoms with van der Waals surface area (Å²) in [7, 11) is 1.79. The van der Waals surface area contributed by atoms with E-state index in [2.05, 4.69) is 22.5 Å². The fourth-order valence-corrected chi connectivity index (χ4v) is 2.77. The van der Waals surface area contributed by atoms with Crippen LogP contribution in [0.2, 0.25) is 0 Å². The van der Waals surface area contributed by atoms with E-state index in [1.807, 2.05) is 25.7 Å². The maximum absolute atomic E-state index is 12.2. The van der Waals surface area contributed by atoms with Crippen LogP contribution in [0.3, 0.4) is 0 Å². The van der Waals surface area contributed by atoms with Crippen molar-refractivity contribution in [3.05, 3.63) is 0 Å². The average molecular weight is 341 g/mol. The molecule has 6 nitrogen and oxygen atoms in total. The first-order valence-corrected chi connectivity index (χ1v) is 9.28. The van der Waals surface area contributed by atoms with Gasteiger partial charge in [0.25, 0.3) is 0 Å².